The number of halogens is 1. The first-order valence-corrected chi connectivity index (χ1v) is 28.5. The molecule has 3 fully saturated rings. The summed E-state index contributed by atoms with van der Waals surface area (Å²) in [5.41, 5.74) is -1.42. The Bertz CT molecular complexity index is 2040. The third kappa shape index (κ3) is 13.5. The Morgan fingerprint density at radius 1 is 1.02 bits per heavy atom. The summed E-state index contributed by atoms with van der Waals surface area (Å²) in [6, 6.07) is 15.8. The van der Waals surface area contributed by atoms with Gasteiger partial charge in [-0.15, -0.1) is 0 Å². The van der Waals surface area contributed by atoms with Gasteiger partial charge in [0.1, 0.15) is 6.04 Å². The predicted molar refractivity (Wildman–Crippen MR) is 244 cm³/mol. The number of nitrogens with one attached hydrogen (secondary N) is 1. The molecule has 1 aromatic heterocycles. The van der Waals surface area contributed by atoms with Crippen LogP contribution in [-0.2, 0) is 45.8 Å². The first-order chi connectivity index (χ1) is 29.7. The molecule has 0 saturated carbocycles. The summed E-state index contributed by atoms with van der Waals surface area (Å²) >= 11 is 3.85. The molecule has 11 nitrogen and oxygen atoms in total. The second-order valence-electron chi connectivity index (χ2n) is 16.9. The van der Waals surface area contributed by atoms with Crippen LogP contribution in [0.25, 0.3) is 10.1 Å². The van der Waals surface area contributed by atoms with Crippen LogP contribution < -0.4 is 5.32 Å². The molecule has 6 atom stereocenters. The Balaban J connectivity index is 0.00000113. The molecule has 342 valence electrons. The standard InChI is InChI=1S/C41H53FN4O6PS2.C5H9O.Os/c1-5-44-18-17-32-13-14-34(41(50)45-19-16-30(25-45)28-10-8-7-9-11-28)46(32)40(49)33(26-44)43-39(48)36-24-31-23-29(12-15-35(31)55-36)38(42)53(51-6-2)52-20-21-54-37(47)22-27(3)4;1-5(2)3-4-6;/h7-12,15,23-24,27,30,32-34,38H,2,5-6,13-14,16-22,25-26H2,1,3-4H3,(H,43,48);5H,3H2,1-2H3;/q2*-1;/t30-,32-,33?,34?,38+,53?;;/m1../s1. The van der Waals surface area contributed by atoms with Gasteiger partial charge in [0, 0.05) is 31.6 Å². The fraction of sp³-hybridized carbons (Fsp3) is 0.565. The number of nitrogens with zero attached hydrogens (tertiary/aromatic N) is 3. The van der Waals surface area contributed by atoms with Gasteiger partial charge in [0.05, 0.1) is 0 Å². The number of carbonyl (C=O) groups excluding carboxylic acids is 5. The van der Waals surface area contributed by atoms with Gasteiger partial charge in [-0.2, -0.15) is 6.42 Å². The first-order valence-electron chi connectivity index (χ1n) is 21.7. The molecule has 2 aromatic carbocycles. The summed E-state index contributed by atoms with van der Waals surface area (Å²) in [5, 5.41) is 3.83. The summed E-state index contributed by atoms with van der Waals surface area (Å²) < 4.78 is 28.9. The van der Waals surface area contributed by atoms with Crippen molar-refractivity contribution in [3.05, 3.63) is 77.5 Å². The van der Waals surface area contributed by atoms with Crippen LogP contribution in [0.5, 0.6) is 0 Å². The summed E-state index contributed by atoms with van der Waals surface area (Å²) in [4.78, 5) is 70.4. The Kier molecular flexibility index (Phi) is 19.5. The van der Waals surface area contributed by atoms with Crippen LogP contribution in [-0.4, -0.2) is 114 Å². The zero-order chi connectivity index (χ0) is 45.0. The quantitative estimate of drug-likeness (QED) is 0.0804. The van der Waals surface area contributed by atoms with Gasteiger partial charge < -0.3 is 9.69 Å². The molecule has 3 aromatic rings. The Morgan fingerprint density at radius 3 is 2.44 bits per heavy atom. The average Bonchev–Trinajstić information content (AvgIpc) is 4.01. The number of fused-ring (bicyclic) bond motifs is 2. The van der Waals surface area contributed by atoms with Gasteiger partial charge >= 0.3 is 222 Å². The van der Waals surface area contributed by atoms with Crippen molar-refractivity contribution < 1.29 is 55.0 Å². The van der Waals surface area contributed by atoms with Crippen LogP contribution in [0.3, 0.4) is 0 Å². The average molecular weight is 1090 g/mol. The molecule has 6 rings (SSSR count). The molecule has 0 aliphatic carbocycles. The number of thiophene rings is 1. The van der Waals surface area contributed by atoms with E-state index in [1.807, 2.05) is 57.1 Å². The van der Waals surface area contributed by atoms with Crippen molar-refractivity contribution in [2.75, 3.05) is 51.7 Å². The van der Waals surface area contributed by atoms with Crippen LogP contribution in [0, 0.1) is 18.8 Å². The van der Waals surface area contributed by atoms with E-state index in [9.17, 15) is 24.0 Å². The molecule has 4 heterocycles. The summed E-state index contributed by atoms with van der Waals surface area (Å²) in [6.07, 6.45) is 5.92. The fourth-order valence-electron chi connectivity index (χ4n) is 8.13. The number of rotatable bonds is 17. The van der Waals surface area contributed by atoms with Gasteiger partial charge in [0.2, 0.25) is 5.91 Å². The number of amides is 3. The molecular formula is C46H62FN4O7OsPS2-2. The second-order valence-corrected chi connectivity index (χ2v) is 25.8. The van der Waals surface area contributed by atoms with Crippen molar-refractivity contribution in [2.45, 2.75) is 103 Å². The molecule has 0 bridgehead atoms. The van der Waals surface area contributed by atoms with E-state index < -0.39 is 23.5 Å². The van der Waals surface area contributed by atoms with E-state index in [1.54, 1.807) is 29.2 Å². The van der Waals surface area contributed by atoms with Crippen LogP contribution in [0.15, 0.2) is 54.6 Å². The Morgan fingerprint density at radius 2 is 1.77 bits per heavy atom. The van der Waals surface area contributed by atoms with Crippen molar-refractivity contribution in [1.29, 1.82) is 0 Å². The molecular weight excluding hydrogens is 1020 g/mol. The zero-order valence-electron chi connectivity index (χ0n) is 36.5. The van der Waals surface area contributed by atoms with Crippen LogP contribution in [0.4, 0.5) is 4.39 Å². The summed E-state index contributed by atoms with van der Waals surface area (Å²) in [6.45, 7) is 17.2. The fourth-order valence-corrected chi connectivity index (χ4v) is 14.0. The minimum absolute atomic E-state index is 0.00413. The Hall–Kier alpha value is -2.62. The number of carbonyl (C=O) groups is 4. The number of alkyl halides is 1. The predicted octanol–water partition coefficient (Wildman–Crippen LogP) is 8.69. The molecule has 3 saturated heterocycles. The maximum atomic E-state index is 16.3. The van der Waals surface area contributed by atoms with Crippen molar-refractivity contribution in [2.24, 2.45) is 11.8 Å². The molecule has 1 N–H and O–H groups in total. The molecule has 16 heteroatoms. The number of thioether (sulfide) groups is 1. The number of likely N-dealkylation sites (tertiary alicyclic amines) is 1. The van der Waals surface area contributed by atoms with Crippen LogP contribution in [0.2, 0.25) is 0 Å². The van der Waals surface area contributed by atoms with Gasteiger partial charge in [-0.1, -0.05) is 57.0 Å². The van der Waals surface area contributed by atoms with E-state index in [0.29, 0.717) is 66.4 Å². The van der Waals surface area contributed by atoms with E-state index in [1.165, 1.54) is 46.3 Å². The van der Waals surface area contributed by atoms with Gasteiger partial charge in [0.15, 0.2) is 0 Å². The monoisotopic (exact) mass is 1090 g/mol. The van der Waals surface area contributed by atoms with Crippen molar-refractivity contribution in [1.82, 2.24) is 20.0 Å². The molecule has 0 radical (unpaired) electrons. The van der Waals surface area contributed by atoms with E-state index in [-0.39, 0.29) is 53.9 Å². The van der Waals surface area contributed by atoms with Crippen molar-refractivity contribution in [3.8, 4) is 0 Å². The van der Waals surface area contributed by atoms with E-state index in [2.05, 4.69) is 36.2 Å². The molecule has 3 aliphatic heterocycles. The third-order valence-corrected chi connectivity index (χ3v) is 18.9. The van der Waals surface area contributed by atoms with Crippen LogP contribution in [0.1, 0.15) is 106 Å². The number of hydrogen-bond donors (Lipinski definition) is 1. The maximum absolute atomic E-state index is 16.3. The number of benzene rings is 2. The first kappa shape index (κ1) is 50.4. The number of hydrogen-bond acceptors (Lipinski definition) is 10. The zero-order valence-corrected chi connectivity index (χ0v) is 41.6. The van der Waals surface area contributed by atoms with Crippen LogP contribution >= 0.6 is 28.6 Å². The van der Waals surface area contributed by atoms with Crippen molar-refractivity contribution >= 4 is 67.9 Å². The number of likely N-dealkylation sites (N-methyl/N-ethyl adjacent to an activating group) is 1. The second kappa shape index (κ2) is 24.1. The molecule has 62 heavy (non-hydrogen) atoms. The van der Waals surface area contributed by atoms with Gasteiger partial charge in [-0.25, -0.2) is 0 Å². The third-order valence-electron chi connectivity index (χ3n) is 11.3. The van der Waals surface area contributed by atoms with Crippen molar-refractivity contribution in [3.63, 3.8) is 0 Å². The van der Waals surface area contributed by atoms with E-state index >= 15 is 4.39 Å². The molecule has 0 spiro atoms. The summed E-state index contributed by atoms with van der Waals surface area (Å²) in [5.74, 6) is -0.711. The molecule has 3 unspecified atom stereocenters. The Labute approximate surface area is 384 Å². The van der Waals surface area contributed by atoms with E-state index in [4.69, 9.17) is 9.05 Å². The molecule has 3 aliphatic rings. The normalized spacial score (nSPS) is 22.1. The topological polar surface area (TPSA) is 126 Å². The van der Waals surface area contributed by atoms with E-state index in [0.717, 1.165) is 37.1 Å². The summed E-state index contributed by atoms with van der Waals surface area (Å²) in [7, 11) is 0. The van der Waals surface area contributed by atoms with Gasteiger partial charge in [-0.3, -0.25) is 11.1 Å². The van der Waals surface area contributed by atoms with Gasteiger partial charge in [-0.05, 0) is 37.8 Å². The van der Waals surface area contributed by atoms with Gasteiger partial charge in [0.25, 0.3) is 0 Å². The minimum atomic E-state index is -3.03. The SMILES string of the molecule is CC(C)C[C-]=O.[CH2-]CO[P](=[Os])(OCCSC(=O)CC(C)C)[C@H](F)c1ccc2sc(C(=O)NC3CN(CC)CC[C@H]4CCC(C(=O)N5CC[C@@H](c6ccccc6)C5)N4C3=O)cc2c1. The molecule has 3 amide bonds.